The summed E-state index contributed by atoms with van der Waals surface area (Å²) >= 11 is 0. The molecule has 0 bridgehead atoms. The van der Waals surface area contributed by atoms with Crippen molar-refractivity contribution in [2.75, 3.05) is 24.4 Å². The number of anilines is 2. The topological polar surface area (TPSA) is 100 Å². The minimum atomic E-state index is -0.428. The van der Waals surface area contributed by atoms with Gasteiger partial charge in [-0.15, -0.1) is 0 Å². The zero-order valence-electron chi connectivity index (χ0n) is 18.1. The van der Waals surface area contributed by atoms with Crippen LogP contribution in [0, 0.1) is 5.92 Å². The maximum atomic E-state index is 12.9. The minimum Gasteiger partial charge on any atom is -0.497 e. The molecular formula is C23H27N3O5. The van der Waals surface area contributed by atoms with Gasteiger partial charge < -0.3 is 24.9 Å². The maximum absolute atomic E-state index is 12.9. The first-order chi connectivity index (χ1) is 14.9. The summed E-state index contributed by atoms with van der Waals surface area (Å²) in [6, 6.07) is 10.5. The van der Waals surface area contributed by atoms with E-state index in [0.29, 0.717) is 28.4 Å². The van der Waals surface area contributed by atoms with Crippen LogP contribution in [0.4, 0.5) is 11.4 Å². The number of benzene rings is 2. The number of hydrogen-bond donors (Lipinski definition) is 2. The maximum Gasteiger partial charge on any atom is 0.281 e. The van der Waals surface area contributed by atoms with Crippen molar-refractivity contribution in [3.8, 4) is 11.5 Å². The lowest BCUT2D eigenvalue weighted by atomic mass is 10.0. The van der Waals surface area contributed by atoms with Crippen LogP contribution in [0.1, 0.15) is 37.8 Å². The molecule has 8 heteroatoms. The first-order valence-corrected chi connectivity index (χ1v) is 10.2. The van der Waals surface area contributed by atoms with Crippen molar-refractivity contribution in [2.24, 2.45) is 11.1 Å². The summed E-state index contributed by atoms with van der Waals surface area (Å²) in [5.41, 5.74) is 2.34. The predicted octanol–water partition coefficient (Wildman–Crippen LogP) is 3.80. The van der Waals surface area contributed by atoms with Gasteiger partial charge in [0, 0.05) is 23.2 Å². The van der Waals surface area contributed by atoms with Gasteiger partial charge in [-0.25, -0.2) is 0 Å². The smallest absolute Gasteiger partial charge is 0.281 e. The van der Waals surface area contributed by atoms with Gasteiger partial charge in [-0.2, -0.15) is 0 Å². The first kappa shape index (κ1) is 22.1. The number of nitrogens with zero attached hydrogens (tertiary/aromatic N) is 2. The molecule has 0 radical (unpaired) electrons. The third-order valence-electron chi connectivity index (χ3n) is 5.47. The van der Waals surface area contributed by atoms with Gasteiger partial charge in [0.1, 0.15) is 11.5 Å². The van der Waals surface area contributed by atoms with Crippen LogP contribution in [0.3, 0.4) is 0 Å². The summed E-state index contributed by atoms with van der Waals surface area (Å²) < 4.78 is 10.6. The standard InChI is InChI=1S/C23H27N3O5/c1-5-15(6-2)22(27)24-16-7-8-20-19(11-16)21(25-29)23(28)26(20)13-14-9-17(30-3)12-18(10-14)31-4/h7-12,15,29H,5-6,13H2,1-4H3,(H,24,27)/b25-21-. The zero-order chi connectivity index (χ0) is 22.5. The second-order valence-corrected chi connectivity index (χ2v) is 7.30. The Morgan fingerprint density at radius 1 is 1.10 bits per heavy atom. The summed E-state index contributed by atoms with van der Waals surface area (Å²) in [6.45, 7) is 4.17. The highest BCUT2D eigenvalue weighted by atomic mass is 16.5. The Morgan fingerprint density at radius 2 is 1.74 bits per heavy atom. The monoisotopic (exact) mass is 425 g/mol. The van der Waals surface area contributed by atoms with Crippen LogP contribution >= 0.6 is 0 Å². The van der Waals surface area contributed by atoms with Crippen LogP contribution < -0.4 is 19.7 Å². The minimum absolute atomic E-state index is 0.0662. The van der Waals surface area contributed by atoms with Crippen LogP contribution in [-0.4, -0.2) is 37.0 Å². The fourth-order valence-electron chi connectivity index (χ4n) is 3.69. The van der Waals surface area contributed by atoms with E-state index in [1.807, 2.05) is 26.0 Å². The average molecular weight is 425 g/mol. The molecule has 0 spiro atoms. The van der Waals surface area contributed by atoms with Gasteiger partial charge in [-0.05, 0) is 48.7 Å². The van der Waals surface area contributed by atoms with Crippen LogP contribution in [0.2, 0.25) is 0 Å². The fraction of sp³-hybridized carbons (Fsp3) is 0.348. The fourth-order valence-corrected chi connectivity index (χ4v) is 3.69. The number of oxime groups is 1. The molecule has 2 aromatic carbocycles. The molecule has 0 aliphatic carbocycles. The number of carbonyl (C=O) groups is 2. The second-order valence-electron chi connectivity index (χ2n) is 7.30. The van der Waals surface area contributed by atoms with Crippen molar-refractivity contribution in [3.63, 3.8) is 0 Å². The number of nitrogens with one attached hydrogen (secondary N) is 1. The lowest BCUT2D eigenvalue weighted by Gasteiger charge is -2.18. The molecule has 1 aliphatic heterocycles. The molecule has 31 heavy (non-hydrogen) atoms. The molecule has 1 aliphatic rings. The van der Waals surface area contributed by atoms with Crippen molar-refractivity contribution in [2.45, 2.75) is 33.2 Å². The summed E-state index contributed by atoms with van der Waals surface area (Å²) in [7, 11) is 3.12. The zero-order valence-corrected chi connectivity index (χ0v) is 18.1. The number of amides is 2. The summed E-state index contributed by atoms with van der Waals surface area (Å²) in [5, 5.41) is 15.6. The Morgan fingerprint density at radius 3 is 2.29 bits per heavy atom. The SMILES string of the molecule is CCC(CC)C(=O)Nc1ccc2c(c1)/C(=N/O)C(=O)N2Cc1cc(OC)cc(OC)c1. The van der Waals surface area contributed by atoms with E-state index in [0.717, 1.165) is 18.4 Å². The van der Waals surface area contributed by atoms with E-state index in [9.17, 15) is 14.8 Å². The molecule has 8 nitrogen and oxygen atoms in total. The highest BCUT2D eigenvalue weighted by molar-refractivity contribution is 6.54. The quantitative estimate of drug-likeness (QED) is 0.495. The number of carbonyl (C=O) groups excluding carboxylic acids is 2. The van der Waals surface area contributed by atoms with Crippen molar-refractivity contribution in [3.05, 3.63) is 47.5 Å². The van der Waals surface area contributed by atoms with Gasteiger partial charge in [-0.3, -0.25) is 9.59 Å². The lowest BCUT2D eigenvalue weighted by molar-refractivity contribution is -0.120. The number of fused-ring (bicyclic) bond motifs is 1. The number of methoxy groups -OCH3 is 2. The van der Waals surface area contributed by atoms with Crippen molar-refractivity contribution < 1.29 is 24.3 Å². The molecule has 0 unspecified atom stereocenters. The molecule has 164 valence electrons. The van der Waals surface area contributed by atoms with Crippen LogP contribution in [-0.2, 0) is 16.1 Å². The van der Waals surface area contributed by atoms with Gasteiger partial charge in [0.25, 0.3) is 5.91 Å². The average Bonchev–Trinajstić information content (AvgIpc) is 3.04. The number of ether oxygens (including phenoxy) is 2. The van der Waals surface area contributed by atoms with E-state index in [1.54, 1.807) is 38.5 Å². The van der Waals surface area contributed by atoms with Gasteiger partial charge in [0.15, 0.2) is 5.71 Å². The van der Waals surface area contributed by atoms with Crippen LogP contribution in [0.15, 0.2) is 41.6 Å². The molecule has 2 amide bonds. The third-order valence-corrected chi connectivity index (χ3v) is 5.47. The van der Waals surface area contributed by atoms with E-state index in [4.69, 9.17) is 9.47 Å². The van der Waals surface area contributed by atoms with Gasteiger partial charge in [0.2, 0.25) is 5.91 Å². The van der Waals surface area contributed by atoms with Crippen molar-refractivity contribution >= 4 is 28.9 Å². The van der Waals surface area contributed by atoms with Crippen LogP contribution in [0.25, 0.3) is 0 Å². The lowest BCUT2D eigenvalue weighted by Crippen LogP contribution is -2.29. The van der Waals surface area contributed by atoms with Crippen molar-refractivity contribution in [1.82, 2.24) is 0 Å². The van der Waals surface area contributed by atoms with E-state index in [1.165, 1.54) is 4.90 Å². The predicted molar refractivity (Wildman–Crippen MR) is 118 cm³/mol. The van der Waals surface area contributed by atoms with E-state index >= 15 is 0 Å². The summed E-state index contributed by atoms with van der Waals surface area (Å²) in [6.07, 6.45) is 1.49. The molecule has 0 atom stereocenters. The Hall–Kier alpha value is -3.55. The molecule has 1 heterocycles. The highest BCUT2D eigenvalue weighted by Crippen LogP contribution is 2.34. The van der Waals surface area contributed by atoms with Crippen molar-refractivity contribution in [1.29, 1.82) is 0 Å². The van der Waals surface area contributed by atoms with Crippen LogP contribution in [0.5, 0.6) is 11.5 Å². The third kappa shape index (κ3) is 4.47. The van der Waals surface area contributed by atoms with E-state index < -0.39 is 5.91 Å². The van der Waals surface area contributed by atoms with Gasteiger partial charge >= 0.3 is 0 Å². The Kier molecular flexibility index (Phi) is 6.79. The Balaban J connectivity index is 1.92. The Labute approximate surface area is 181 Å². The molecule has 0 saturated carbocycles. The molecule has 0 aromatic heterocycles. The van der Waals surface area contributed by atoms with Gasteiger partial charge in [-0.1, -0.05) is 19.0 Å². The molecule has 0 fully saturated rings. The number of hydrogen-bond acceptors (Lipinski definition) is 6. The number of rotatable bonds is 8. The summed E-state index contributed by atoms with van der Waals surface area (Å²) in [4.78, 5) is 26.9. The Bertz CT molecular complexity index is 992. The second kappa shape index (κ2) is 9.51. The molecule has 2 N–H and O–H groups in total. The molecule has 3 rings (SSSR count). The van der Waals surface area contributed by atoms with E-state index in [2.05, 4.69) is 10.5 Å². The first-order valence-electron chi connectivity index (χ1n) is 10.2. The normalized spacial score (nSPS) is 14.2. The molecule has 2 aromatic rings. The molecule has 0 saturated heterocycles. The van der Waals surface area contributed by atoms with Gasteiger partial charge in [0.05, 0.1) is 26.5 Å². The largest absolute Gasteiger partial charge is 0.497 e. The van der Waals surface area contributed by atoms with E-state index in [-0.39, 0.29) is 24.1 Å². The summed E-state index contributed by atoms with van der Waals surface area (Å²) in [5.74, 6) is 0.633. The highest BCUT2D eigenvalue weighted by Gasteiger charge is 2.35. The molecular weight excluding hydrogens is 398 g/mol.